The van der Waals surface area contributed by atoms with E-state index in [1.54, 1.807) is 12.1 Å². The number of benzene rings is 2. The van der Waals surface area contributed by atoms with Crippen molar-refractivity contribution in [2.45, 2.75) is 18.6 Å². The van der Waals surface area contributed by atoms with E-state index in [-0.39, 0.29) is 25.3 Å². The van der Waals surface area contributed by atoms with Crippen molar-refractivity contribution in [3.63, 3.8) is 0 Å². The van der Waals surface area contributed by atoms with Gasteiger partial charge < -0.3 is 19.1 Å². The molecule has 212 valence electrons. The maximum atomic E-state index is 13.7. The number of carbonyl (C=O) groups excluding carboxylic acids is 2. The summed E-state index contributed by atoms with van der Waals surface area (Å²) in [4.78, 5) is 29.1. The highest BCUT2D eigenvalue weighted by atomic mass is 32.1. The Hall–Kier alpha value is -3.90. The van der Waals surface area contributed by atoms with Gasteiger partial charge in [-0.15, -0.1) is 11.3 Å². The first kappa shape index (κ1) is 29.1. The number of nitrogens with zero attached hydrogens (tertiary/aromatic N) is 3. The number of amides is 2. The molecule has 2 amide bonds. The number of rotatable bonds is 10. The Kier molecular flexibility index (Phi) is 9.10. The standard InChI is InChI=1S/C28H28F3N3O5S/c1-37-13-12-33(27(36)18-6-9-20(10-7-18)28(29,30)31)17-26(35)34-22(16-21(32-34)25-5-4-14-40-25)19-8-11-23(38-2)24(15-19)39-3/h4-11,14-15,22H,12-13,16-17H2,1-3H3/t22-/m1/s1. The lowest BCUT2D eigenvalue weighted by atomic mass is 10.0. The lowest BCUT2D eigenvalue weighted by molar-refractivity contribution is -0.137. The molecular formula is C28H28F3N3O5S. The molecule has 0 fully saturated rings. The zero-order valence-electron chi connectivity index (χ0n) is 22.1. The number of methoxy groups -OCH3 is 3. The fourth-order valence-corrected chi connectivity index (χ4v) is 5.05. The quantitative estimate of drug-likeness (QED) is 0.330. The molecule has 0 saturated heterocycles. The number of hydrazone groups is 1. The number of halogens is 3. The molecule has 40 heavy (non-hydrogen) atoms. The van der Waals surface area contributed by atoms with Gasteiger partial charge in [-0.1, -0.05) is 12.1 Å². The first-order chi connectivity index (χ1) is 19.2. The molecule has 1 aliphatic heterocycles. The second kappa shape index (κ2) is 12.5. The number of thiophene rings is 1. The van der Waals surface area contributed by atoms with E-state index in [0.717, 1.165) is 40.4 Å². The highest BCUT2D eigenvalue weighted by Gasteiger charge is 2.36. The summed E-state index contributed by atoms with van der Waals surface area (Å²) in [6.07, 6.45) is -4.09. The molecule has 0 aliphatic carbocycles. The SMILES string of the molecule is COCCN(CC(=O)N1N=C(c2cccs2)C[C@@H]1c1ccc(OC)c(OC)c1)C(=O)c1ccc(C(F)(F)F)cc1. The maximum Gasteiger partial charge on any atom is 0.416 e. The minimum absolute atomic E-state index is 0.0255. The van der Waals surface area contributed by atoms with E-state index >= 15 is 0 Å². The number of ether oxygens (including phenoxy) is 3. The summed E-state index contributed by atoms with van der Waals surface area (Å²) >= 11 is 1.50. The van der Waals surface area contributed by atoms with Crippen molar-refractivity contribution < 1.29 is 37.0 Å². The third-order valence-electron chi connectivity index (χ3n) is 6.40. The summed E-state index contributed by atoms with van der Waals surface area (Å²) in [5, 5.41) is 7.91. The monoisotopic (exact) mass is 575 g/mol. The zero-order chi connectivity index (χ0) is 28.9. The van der Waals surface area contributed by atoms with E-state index < -0.39 is 29.6 Å². The van der Waals surface area contributed by atoms with Gasteiger partial charge in [0.15, 0.2) is 11.5 Å². The van der Waals surface area contributed by atoms with Crippen LogP contribution in [-0.4, -0.2) is 68.5 Å². The predicted octanol–water partition coefficient (Wildman–Crippen LogP) is 5.25. The molecule has 2 aromatic carbocycles. The third-order valence-corrected chi connectivity index (χ3v) is 7.32. The van der Waals surface area contributed by atoms with Crippen LogP contribution in [0.15, 0.2) is 65.1 Å². The van der Waals surface area contributed by atoms with Crippen molar-refractivity contribution in [3.8, 4) is 11.5 Å². The summed E-state index contributed by atoms with van der Waals surface area (Å²) in [7, 11) is 4.50. The van der Waals surface area contributed by atoms with E-state index in [9.17, 15) is 22.8 Å². The van der Waals surface area contributed by atoms with E-state index in [1.165, 1.54) is 42.6 Å². The van der Waals surface area contributed by atoms with Crippen LogP contribution < -0.4 is 9.47 Å². The first-order valence-corrected chi connectivity index (χ1v) is 13.1. The van der Waals surface area contributed by atoms with Crippen LogP contribution in [0.4, 0.5) is 13.2 Å². The van der Waals surface area contributed by atoms with Gasteiger partial charge in [-0.2, -0.15) is 18.3 Å². The van der Waals surface area contributed by atoms with Gasteiger partial charge in [0, 0.05) is 25.6 Å². The number of carbonyl (C=O) groups is 2. The Morgan fingerprint density at radius 3 is 2.38 bits per heavy atom. The van der Waals surface area contributed by atoms with Crippen molar-refractivity contribution in [1.82, 2.24) is 9.91 Å². The summed E-state index contributed by atoms with van der Waals surface area (Å²) in [5.74, 6) is -0.0169. The van der Waals surface area contributed by atoms with E-state index in [1.807, 2.05) is 23.6 Å². The highest BCUT2D eigenvalue weighted by molar-refractivity contribution is 7.12. The predicted molar refractivity (Wildman–Crippen MR) is 144 cm³/mol. The molecule has 0 N–H and O–H groups in total. The average Bonchev–Trinajstić information content (AvgIpc) is 3.65. The number of alkyl halides is 3. The van der Waals surface area contributed by atoms with Crippen LogP contribution in [0, 0.1) is 0 Å². The molecule has 0 bridgehead atoms. The van der Waals surface area contributed by atoms with Gasteiger partial charge >= 0.3 is 6.18 Å². The molecule has 0 unspecified atom stereocenters. The molecule has 0 spiro atoms. The Bertz CT molecular complexity index is 1360. The van der Waals surface area contributed by atoms with Crippen LogP contribution in [0.5, 0.6) is 11.5 Å². The van der Waals surface area contributed by atoms with E-state index in [2.05, 4.69) is 5.10 Å². The van der Waals surface area contributed by atoms with Gasteiger partial charge in [0.25, 0.3) is 11.8 Å². The smallest absolute Gasteiger partial charge is 0.416 e. The summed E-state index contributed by atoms with van der Waals surface area (Å²) in [6.45, 7) is -0.171. The van der Waals surface area contributed by atoms with Gasteiger partial charge in [0.2, 0.25) is 0 Å². The van der Waals surface area contributed by atoms with Crippen LogP contribution in [0.25, 0.3) is 0 Å². The lowest BCUT2D eigenvalue weighted by Gasteiger charge is -2.27. The molecule has 0 radical (unpaired) electrons. The Labute approximate surface area is 233 Å². The Morgan fingerprint density at radius 1 is 1.05 bits per heavy atom. The molecule has 0 saturated carbocycles. The van der Waals surface area contributed by atoms with Crippen LogP contribution in [0.3, 0.4) is 0 Å². The fourth-order valence-electron chi connectivity index (χ4n) is 4.33. The van der Waals surface area contributed by atoms with Crippen LogP contribution >= 0.6 is 11.3 Å². The highest BCUT2D eigenvalue weighted by Crippen LogP contribution is 2.38. The number of hydrogen-bond acceptors (Lipinski definition) is 7. The van der Waals surface area contributed by atoms with E-state index in [4.69, 9.17) is 14.2 Å². The Morgan fingerprint density at radius 2 is 1.77 bits per heavy atom. The number of hydrogen-bond donors (Lipinski definition) is 0. The molecule has 2 heterocycles. The second-order valence-electron chi connectivity index (χ2n) is 8.89. The van der Waals surface area contributed by atoms with Crippen molar-refractivity contribution in [2.75, 3.05) is 41.0 Å². The summed E-state index contributed by atoms with van der Waals surface area (Å²) in [6, 6.07) is 12.6. The van der Waals surface area contributed by atoms with Gasteiger partial charge in [0.05, 0.1) is 43.0 Å². The average molecular weight is 576 g/mol. The molecule has 4 rings (SSSR count). The minimum atomic E-state index is -4.53. The minimum Gasteiger partial charge on any atom is -0.493 e. The van der Waals surface area contributed by atoms with Crippen molar-refractivity contribution in [2.24, 2.45) is 5.10 Å². The third kappa shape index (κ3) is 6.45. The van der Waals surface area contributed by atoms with Gasteiger partial charge in [0.1, 0.15) is 6.54 Å². The lowest BCUT2D eigenvalue weighted by Crippen LogP contribution is -2.42. The largest absolute Gasteiger partial charge is 0.493 e. The molecule has 1 aromatic heterocycles. The molecule has 12 heteroatoms. The molecule has 3 aromatic rings. The first-order valence-electron chi connectivity index (χ1n) is 12.3. The normalized spacial score (nSPS) is 15.1. The molecule has 1 aliphatic rings. The fraction of sp³-hybridized carbons (Fsp3) is 0.321. The van der Waals surface area contributed by atoms with Crippen molar-refractivity contribution in [3.05, 3.63) is 81.5 Å². The van der Waals surface area contributed by atoms with Gasteiger partial charge in [-0.05, 0) is 53.4 Å². The summed E-state index contributed by atoms with van der Waals surface area (Å²) in [5.41, 5.74) is 0.644. The van der Waals surface area contributed by atoms with Gasteiger partial charge in [-0.3, -0.25) is 9.59 Å². The maximum absolute atomic E-state index is 13.7. The second-order valence-corrected chi connectivity index (χ2v) is 9.84. The molecule has 1 atom stereocenters. The molecule has 8 nitrogen and oxygen atoms in total. The van der Waals surface area contributed by atoms with Crippen LogP contribution in [0.2, 0.25) is 0 Å². The van der Waals surface area contributed by atoms with Crippen LogP contribution in [0.1, 0.15) is 38.8 Å². The zero-order valence-corrected chi connectivity index (χ0v) is 22.9. The van der Waals surface area contributed by atoms with Crippen LogP contribution in [-0.2, 0) is 15.7 Å². The van der Waals surface area contributed by atoms with Gasteiger partial charge in [-0.25, -0.2) is 5.01 Å². The Balaban J connectivity index is 1.62. The van der Waals surface area contributed by atoms with Crippen molar-refractivity contribution >= 4 is 28.9 Å². The molecular weight excluding hydrogens is 547 g/mol. The van der Waals surface area contributed by atoms with Crippen molar-refractivity contribution in [1.29, 1.82) is 0 Å². The summed E-state index contributed by atoms with van der Waals surface area (Å²) < 4.78 is 54.9. The van der Waals surface area contributed by atoms with E-state index in [0.29, 0.717) is 17.9 Å². The topological polar surface area (TPSA) is 80.7 Å².